The highest BCUT2D eigenvalue weighted by molar-refractivity contribution is 5.93. The lowest BCUT2D eigenvalue weighted by molar-refractivity contribution is 0.1000. The van der Waals surface area contributed by atoms with Gasteiger partial charge >= 0.3 is 0 Å². The highest BCUT2D eigenvalue weighted by atomic mass is 16.5. The molecule has 0 aliphatic carbocycles. The molecule has 9 heteroatoms. The van der Waals surface area contributed by atoms with Crippen molar-refractivity contribution in [3.05, 3.63) is 77.7 Å². The van der Waals surface area contributed by atoms with Gasteiger partial charge in [-0.05, 0) is 36.4 Å². The maximum absolute atomic E-state index is 11.4. The van der Waals surface area contributed by atoms with Crippen LogP contribution in [0.25, 0.3) is 0 Å². The summed E-state index contributed by atoms with van der Waals surface area (Å²) in [6, 6.07) is 16.5. The zero-order valence-electron chi connectivity index (χ0n) is 18.3. The summed E-state index contributed by atoms with van der Waals surface area (Å²) < 4.78 is 11.4. The van der Waals surface area contributed by atoms with E-state index in [1.165, 1.54) is 0 Å². The third kappa shape index (κ3) is 6.56. The Bertz CT molecular complexity index is 1100. The van der Waals surface area contributed by atoms with Crippen LogP contribution in [0.4, 0.5) is 11.4 Å². The van der Waals surface area contributed by atoms with Gasteiger partial charge in [0.05, 0.1) is 31.2 Å². The van der Waals surface area contributed by atoms with Crippen LogP contribution in [-0.4, -0.2) is 48.8 Å². The highest BCUT2D eigenvalue weighted by Gasteiger charge is 2.14. The number of benzene rings is 1. The number of aromatic nitrogens is 2. The lowest BCUT2D eigenvalue weighted by atomic mass is 10.2. The van der Waals surface area contributed by atoms with Gasteiger partial charge in [-0.2, -0.15) is 10.2 Å². The topological polar surface area (TPSA) is 115 Å². The van der Waals surface area contributed by atoms with Crippen molar-refractivity contribution in [2.24, 2.45) is 16.0 Å². The third-order valence-electron chi connectivity index (χ3n) is 5.10. The van der Waals surface area contributed by atoms with E-state index in [0.717, 1.165) is 30.2 Å². The first-order valence-electron chi connectivity index (χ1n) is 10.8. The summed E-state index contributed by atoms with van der Waals surface area (Å²) in [5.41, 5.74) is 9.00. The van der Waals surface area contributed by atoms with Crippen molar-refractivity contribution < 1.29 is 14.3 Å². The molecule has 0 spiro atoms. The molecule has 1 fully saturated rings. The number of carbonyl (C=O) groups excluding carboxylic acids is 1. The number of anilines is 1. The first kappa shape index (κ1) is 22.3. The summed E-state index contributed by atoms with van der Waals surface area (Å²) in [4.78, 5) is 22.5. The lowest BCUT2D eigenvalue weighted by Gasteiger charge is -2.29. The number of ether oxygens (including phenoxy) is 2. The van der Waals surface area contributed by atoms with E-state index in [1.54, 1.807) is 30.5 Å². The summed E-state index contributed by atoms with van der Waals surface area (Å²) in [7, 11) is 0. The van der Waals surface area contributed by atoms with Gasteiger partial charge in [-0.25, -0.2) is 4.98 Å². The largest absolute Gasteiger partial charge is 0.477 e. The zero-order chi connectivity index (χ0) is 22.9. The smallest absolute Gasteiger partial charge is 0.248 e. The fraction of sp³-hybridized carbons (Fsp3) is 0.292. The van der Waals surface area contributed by atoms with Gasteiger partial charge < -0.3 is 20.1 Å². The number of morpholine rings is 1. The number of pyridine rings is 2. The normalized spacial score (nSPS) is 13.9. The Morgan fingerprint density at radius 2 is 1.97 bits per heavy atom. The zero-order valence-corrected chi connectivity index (χ0v) is 18.3. The predicted octanol–water partition coefficient (Wildman–Crippen LogP) is 3.32. The van der Waals surface area contributed by atoms with E-state index in [9.17, 15) is 4.79 Å². The van der Waals surface area contributed by atoms with Crippen molar-refractivity contribution in [3.8, 4) is 5.88 Å². The van der Waals surface area contributed by atoms with Gasteiger partial charge in [0.1, 0.15) is 6.54 Å². The average molecular weight is 447 g/mol. The average Bonchev–Trinajstić information content (AvgIpc) is 2.85. The van der Waals surface area contributed by atoms with E-state index >= 15 is 0 Å². The molecule has 2 N–H and O–H groups in total. The number of amides is 1. The number of primary amides is 1. The quantitative estimate of drug-likeness (QED) is 0.504. The number of nitrogens with two attached hydrogens (primary N) is 1. The Morgan fingerprint density at radius 1 is 1.09 bits per heavy atom. The minimum Gasteiger partial charge on any atom is -0.477 e. The van der Waals surface area contributed by atoms with E-state index in [4.69, 9.17) is 15.2 Å². The molecule has 1 aliphatic rings. The summed E-state index contributed by atoms with van der Waals surface area (Å²) in [5, 5.41) is 8.48. The molecule has 3 aromatic rings. The fourth-order valence-electron chi connectivity index (χ4n) is 3.42. The van der Waals surface area contributed by atoms with E-state index in [-0.39, 0.29) is 6.54 Å². The molecule has 0 saturated carbocycles. The molecule has 3 heterocycles. The van der Waals surface area contributed by atoms with E-state index in [2.05, 4.69) is 25.1 Å². The molecule has 4 rings (SSSR count). The molecular formula is C24H26N6O3. The monoisotopic (exact) mass is 446 g/mol. The minimum atomic E-state index is -0.501. The molecule has 1 amide bonds. The first-order valence-corrected chi connectivity index (χ1v) is 10.8. The Kier molecular flexibility index (Phi) is 7.55. The molecule has 0 radical (unpaired) electrons. The van der Waals surface area contributed by atoms with Gasteiger partial charge in [0.15, 0.2) is 0 Å². The molecule has 2 aromatic heterocycles. The Labute approximate surface area is 192 Å². The maximum atomic E-state index is 11.4. The van der Waals surface area contributed by atoms with Gasteiger partial charge in [0.2, 0.25) is 11.8 Å². The number of azo groups is 1. The van der Waals surface area contributed by atoms with E-state index in [0.29, 0.717) is 43.4 Å². The first-order chi connectivity index (χ1) is 16.2. The summed E-state index contributed by atoms with van der Waals surface area (Å²) in [6.07, 6.45) is 2.46. The van der Waals surface area contributed by atoms with Crippen LogP contribution in [0.5, 0.6) is 5.88 Å². The van der Waals surface area contributed by atoms with Crippen molar-refractivity contribution in [1.29, 1.82) is 0 Å². The molecule has 1 aromatic carbocycles. The minimum absolute atomic E-state index is 0.273. The number of hydrogen-bond acceptors (Lipinski definition) is 8. The molecule has 33 heavy (non-hydrogen) atoms. The molecule has 170 valence electrons. The molecular weight excluding hydrogens is 420 g/mol. The molecule has 0 atom stereocenters. The Hall–Kier alpha value is -3.85. The second-order valence-electron chi connectivity index (χ2n) is 7.49. The van der Waals surface area contributed by atoms with E-state index in [1.807, 2.05) is 30.3 Å². The van der Waals surface area contributed by atoms with E-state index < -0.39 is 5.91 Å². The molecule has 0 unspecified atom stereocenters. The SMILES string of the molecule is NC(=O)c1cccc(N=NCc2cc(N3CCOCC3)cc(OCCc3ccccn3)n2)c1. The molecule has 0 bridgehead atoms. The number of nitrogens with zero attached hydrogens (tertiary/aromatic N) is 5. The maximum Gasteiger partial charge on any atom is 0.248 e. The van der Waals surface area contributed by atoms with Crippen LogP contribution < -0.4 is 15.4 Å². The van der Waals surface area contributed by atoms with Crippen LogP contribution >= 0.6 is 0 Å². The summed E-state index contributed by atoms with van der Waals surface area (Å²) in [6.45, 7) is 3.72. The van der Waals surface area contributed by atoms with Crippen molar-refractivity contribution in [1.82, 2.24) is 9.97 Å². The molecule has 1 aliphatic heterocycles. The number of rotatable bonds is 9. The van der Waals surface area contributed by atoms with Gasteiger partial charge in [0.25, 0.3) is 0 Å². The van der Waals surface area contributed by atoms with Crippen molar-refractivity contribution in [3.63, 3.8) is 0 Å². The van der Waals surface area contributed by atoms with Gasteiger partial charge in [0, 0.05) is 48.7 Å². The van der Waals surface area contributed by atoms with Crippen LogP contribution in [0, 0.1) is 0 Å². The highest BCUT2D eigenvalue weighted by Crippen LogP contribution is 2.23. The second-order valence-corrected chi connectivity index (χ2v) is 7.49. The van der Waals surface area contributed by atoms with Crippen LogP contribution in [0.15, 0.2) is 71.0 Å². The molecule has 9 nitrogen and oxygen atoms in total. The standard InChI is InChI=1S/C24H26N6O3/c25-24(31)18-4-3-6-20(14-18)29-27-17-21-15-22(30-9-12-32-13-10-30)16-23(28-21)33-11-7-19-5-1-2-8-26-19/h1-6,8,14-16H,7,9-13,17H2,(H2,25,31). The van der Waals surface area contributed by atoms with Crippen molar-refractivity contribution in [2.75, 3.05) is 37.8 Å². The van der Waals surface area contributed by atoms with Crippen LogP contribution in [-0.2, 0) is 17.7 Å². The van der Waals surface area contributed by atoms with Crippen LogP contribution in [0.1, 0.15) is 21.7 Å². The predicted molar refractivity (Wildman–Crippen MR) is 124 cm³/mol. The van der Waals surface area contributed by atoms with Crippen LogP contribution in [0.3, 0.4) is 0 Å². The van der Waals surface area contributed by atoms with Crippen molar-refractivity contribution >= 4 is 17.3 Å². The Morgan fingerprint density at radius 3 is 2.76 bits per heavy atom. The lowest BCUT2D eigenvalue weighted by Crippen LogP contribution is -2.36. The number of hydrogen-bond donors (Lipinski definition) is 1. The third-order valence-corrected chi connectivity index (χ3v) is 5.10. The summed E-state index contributed by atoms with van der Waals surface area (Å²) in [5.74, 6) is 0.0373. The van der Waals surface area contributed by atoms with Gasteiger partial charge in [-0.15, -0.1) is 0 Å². The second kappa shape index (κ2) is 11.1. The molecule has 1 saturated heterocycles. The van der Waals surface area contributed by atoms with Crippen molar-refractivity contribution in [2.45, 2.75) is 13.0 Å². The van der Waals surface area contributed by atoms with Gasteiger partial charge in [-0.1, -0.05) is 12.1 Å². The summed E-state index contributed by atoms with van der Waals surface area (Å²) >= 11 is 0. The van der Waals surface area contributed by atoms with Gasteiger partial charge in [-0.3, -0.25) is 9.78 Å². The Balaban J connectivity index is 1.47. The fourth-order valence-corrected chi connectivity index (χ4v) is 3.42. The van der Waals surface area contributed by atoms with Crippen LogP contribution in [0.2, 0.25) is 0 Å². The number of carbonyl (C=O) groups is 1.